The number of para-hydroxylation sites is 1. The number of carbonyl (C=O) groups is 1. The van der Waals surface area contributed by atoms with Crippen molar-refractivity contribution < 1.29 is 9.90 Å². The third kappa shape index (κ3) is 4.99. The Morgan fingerprint density at radius 2 is 1.79 bits per heavy atom. The monoisotopic (exact) mass is 525 g/mol. The second-order valence-corrected chi connectivity index (χ2v) is 10.00. The molecule has 0 unspecified atom stereocenters. The van der Waals surface area contributed by atoms with Gasteiger partial charge < -0.3 is 25.2 Å². The third-order valence-electron chi connectivity index (χ3n) is 7.09. The smallest absolute Gasteiger partial charge is 0.226 e. The van der Waals surface area contributed by atoms with E-state index in [9.17, 15) is 9.90 Å². The van der Waals surface area contributed by atoms with Crippen molar-refractivity contribution in [3.05, 3.63) is 107 Å². The SMILES string of the molecule is Cc1ccccc1NC(=O)CCN1C(=S)N[C@@H](c2ccccn2)[C@H]1c1cc(C)n(-c2ccc(O)cc2)c1C. The zero-order chi connectivity index (χ0) is 26.8. The molecule has 3 N–H and O–H groups in total. The van der Waals surface area contributed by atoms with Crippen molar-refractivity contribution in [3.63, 3.8) is 0 Å². The molecule has 1 amide bonds. The number of amides is 1. The summed E-state index contributed by atoms with van der Waals surface area (Å²) in [5.41, 5.74) is 6.95. The van der Waals surface area contributed by atoms with Gasteiger partial charge in [0.15, 0.2) is 5.11 Å². The maximum atomic E-state index is 12.9. The van der Waals surface area contributed by atoms with E-state index in [0.717, 1.165) is 39.6 Å². The highest BCUT2D eigenvalue weighted by atomic mass is 32.1. The van der Waals surface area contributed by atoms with E-state index in [0.29, 0.717) is 11.7 Å². The topological polar surface area (TPSA) is 82.4 Å². The van der Waals surface area contributed by atoms with Gasteiger partial charge in [0, 0.05) is 41.9 Å². The fourth-order valence-electron chi connectivity index (χ4n) is 5.22. The van der Waals surface area contributed by atoms with Gasteiger partial charge >= 0.3 is 0 Å². The van der Waals surface area contributed by atoms with Crippen LogP contribution in [0.25, 0.3) is 5.69 Å². The van der Waals surface area contributed by atoms with Crippen LogP contribution in [0.1, 0.15) is 46.7 Å². The summed E-state index contributed by atoms with van der Waals surface area (Å²) in [6.45, 7) is 6.60. The Labute approximate surface area is 228 Å². The van der Waals surface area contributed by atoms with Gasteiger partial charge in [-0.2, -0.15) is 0 Å². The molecule has 2 aromatic heterocycles. The van der Waals surface area contributed by atoms with E-state index in [4.69, 9.17) is 12.2 Å². The van der Waals surface area contributed by atoms with Gasteiger partial charge in [-0.15, -0.1) is 0 Å². The molecule has 3 heterocycles. The molecule has 8 heteroatoms. The molecule has 0 radical (unpaired) electrons. The maximum absolute atomic E-state index is 12.9. The van der Waals surface area contributed by atoms with Crippen LogP contribution in [0, 0.1) is 20.8 Å². The Hall–Kier alpha value is -4.17. The lowest BCUT2D eigenvalue weighted by molar-refractivity contribution is -0.116. The number of anilines is 1. The summed E-state index contributed by atoms with van der Waals surface area (Å²) in [6.07, 6.45) is 2.08. The number of phenolic OH excluding ortho intramolecular Hbond substituents is 1. The lowest BCUT2D eigenvalue weighted by atomic mass is 9.96. The van der Waals surface area contributed by atoms with Gasteiger partial charge in [-0.1, -0.05) is 24.3 Å². The highest BCUT2D eigenvalue weighted by Crippen LogP contribution is 2.41. The molecule has 2 atom stereocenters. The minimum absolute atomic E-state index is 0.0586. The van der Waals surface area contributed by atoms with Gasteiger partial charge in [0.1, 0.15) is 5.75 Å². The molecule has 1 saturated heterocycles. The zero-order valence-corrected chi connectivity index (χ0v) is 22.5. The number of rotatable bonds is 7. The molecule has 0 saturated carbocycles. The highest BCUT2D eigenvalue weighted by Gasteiger charge is 2.41. The lowest BCUT2D eigenvalue weighted by Crippen LogP contribution is -2.33. The van der Waals surface area contributed by atoms with E-state index in [-0.39, 0.29) is 30.2 Å². The van der Waals surface area contributed by atoms with Crippen molar-refractivity contribution in [2.75, 3.05) is 11.9 Å². The fraction of sp³-hybridized carbons (Fsp3) is 0.233. The lowest BCUT2D eigenvalue weighted by Gasteiger charge is -2.28. The van der Waals surface area contributed by atoms with Crippen LogP contribution >= 0.6 is 12.2 Å². The number of hydrogen-bond donors (Lipinski definition) is 3. The fourth-order valence-corrected chi connectivity index (χ4v) is 5.55. The Kier molecular flexibility index (Phi) is 7.15. The average molecular weight is 526 g/mol. The van der Waals surface area contributed by atoms with Gasteiger partial charge in [0.2, 0.25) is 5.91 Å². The van der Waals surface area contributed by atoms with Gasteiger partial charge in [-0.05, 0) is 92.6 Å². The molecule has 1 fully saturated rings. The number of aryl methyl sites for hydroxylation is 2. The molecule has 4 aromatic rings. The second-order valence-electron chi connectivity index (χ2n) is 9.61. The predicted octanol–water partition coefficient (Wildman–Crippen LogP) is 5.50. The van der Waals surface area contributed by atoms with Crippen molar-refractivity contribution in [3.8, 4) is 11.4 Å². The predicted molar refractivity (Wildman–Crippen MR) is 153 cm³/mol. The van der Waals surface area contributed by atoms with E-state index in [1.54, 1.807) is 18.3 Å². The van der Waals surface area contributed by atoms with Gasteiger partial charge in [-0.3, -0.25) is 9.78 Å². The van der Waals surface area contributed by atoms with Crippen molar-refractivity contribution in [1.29, 1.82) is 0 Å². The zero-order valence-electron chi connectivity index (χ0n) is 21.7. The molecule has 1 aliphatic rings. The van der Waals surface area contributed by atoms with E-state index >= 15 is 0 Å². The number of nitrogens with zero attached hydrogens (tertiary/aromatic N) is 3. The molecular weight excluding hydrogens is 494 g/mol. The summed E-state index contributed by atoms with van der Waals surface area (Å²) < 4.78 is 2.18. The Morgan fingerprint density at radius 1 is 1.05 bits per heavy atom. The minimum atomic E-state index is -0.170. The standard InChI is InChI=1S/C30H31N5O2S/c1-19-8-4-5-9-25(19)32-27(37)15-17-34-29(28(33-30(34)38)26-10-6-7-16-31-26)24-18-20(2)35(21(24)3)22-11-13-23(36)14-12-22/h4-14,16,18,28-29,36H,15,17H2,1-3H3,(H,32,37)(H,33,38)/t28-,29+/m0/s1. The van der Waals surface area contributed by atoms with Crippen molar-refractivity contribution in [2.24, 2.45) is 0 Å². The Balaban J connectivity index is 1.47. The van der Waals surface area contributed by atoms with E-state index in [1.807, 2.05) is 61.5 Å². The summed E-state index contributed by atoms with van der Waals surface area (Å²) in [7, 11) is 0. The summed E-state index contributed by atoms with van der Waals surface area (Å²) in [6, 6.07) is 22.7. The Morgan fingerprint density at radius 3 is 2.50 bits per heavy atom. The number of carbonyl (C=O) groups excluding carboxylic acids is 1. The number of nitrogens with one attached hydrogen (secondary N) is 2. The van der Waals surface area contributed by atoms with Crippen LogP contribution in [0.3, 0.4) is 0 Å². The molecule has 194 valence electrons. The quantitative estimate of drug-likeness (QED) is 0.276. The van der Waals surface area contributed by atoms with Crippen LogP contribution in [0.4, 0.5) is 5.69 Å². The first-order valence-electron chi connectivity index (χ1n) is 12.7. The first-order valence-corrected chi connectivity index (χ1v) is 13.1. The second kappa shape index (κ2) is 10.7. The van der Waals surface area contributed by atoms with Crippen LogP contribution in [0.2, 0.25) is 0 Å². The van der Waals surface area contributed by atoms with Crippen LogP contribution in [0.5, 0.6) is 5.75 Å². The number of phenols is 1. The first kappa shape index (κ1) is 25.5. The molecule has 0 spiro atoms. The summed E-state index contributed by atoms with van der Waals surface area (Å²) >= 11 is 5.81. The van der Waals surface area contributed by atoms with Crippen LogP contribution < -0.4 is 10.6 Å². The normalized spacial score (nSPS) is 16.9. The number of thiocarbonyl (C=S) groups is 1. The van der Waals surface area contributed by atoms with Crippen molar-refractivity contribution in [1.82, 2.24) is 19.8 Å². The number of aromatic nitrogens is 2. The first-order chi connectivity index (χ1) is 18.3. The van der Waals surface area contributed by atoms with Gasteiger partial charge in [0.25, 0.3) is 0 Å². The third-order valence-corrected chi connectivity index (χ3v) is 7.45. The van der Waals surface area contributed by atoms with Crippen LogP contribution in [-0.4, -0.2) is 37.1 Å². The summed E-state index contributed by atoms with van der Waals surface area (Å²) in [4.78, 5) is 19.7. The number of pyridine rings is 1. The van der Waals surface area contributed by atoms with Crippen LogP contribution in [-0.2, 0) is 4.79 Å². The molecule has 7 nitrogen and oxygen atoms in total. The summed E-state index contributed by atoms with van der Waals surface area (Å²) in [5, 5.41) is 16.9. The minimum Gasteiger partial charge on any atom is -0.508 e. The largest absolute Gasteiger partial charge is 0.508 e. The number of aromatic hydroxyl groups is 1. The van der Waals surface area contributed by atoms with Gasteiger partial charge in [-0.25, -0.2) is 0 Å². The van der Waals surface area contributed by atoms with E-state index in [1.165, 1.54) is 0 Å². The van der Waals surface area contributed by atoms with E-state index in [2.05, 4.69) is 45.0 Å². The molecule has 38 heavy (non-hydrogen) atoms. The molecule has 1 aliphatic heterocycles. The Bertz CT molecular complexity index is 1470. The van der Waals surface area contributed by atoms with Gasteiger partial charge in [0.05, 0.1) is 17.8 Å². The number of benzene rings is 2. The van der Waals surface area contributed by atoms with Crippen LogP contribution in [0.15, 0.2) is 79.0 Å². The molecule has 2 aromatic carbocycles. The molecule has 0 bridgehead atoms. The number of hydrogen-bond acceptors (Lipinski definition) is 4. The molecule has 5 rings (SSSR count). The average Bonchev–Trinajstić information content (AvgIpc) is 3.39. The maximum Gasteiger partial charge on any atom is 0.226 e. The summed E-state index contributed by atoms with van der Waals surface area (Å²) in [5.74, 6) is 0.170. The molecule has 0 aliphatic carbocycles. The van der Waals surface area contributed by atoms with E-state index < -0.39 is 0 Å². The molecular formula is C30H31N5O2S. The van der Waals surface area contributed by atoms with Crippen molar-refractivity contribution in [2.45, 2.75) is 39.3 Å². The van der Waals surface area contributed by atoms with Crippen molar-refractivity contribution >= 4 is 28.9 Å². The highest BCUT2D eigenvalue weighted by molar-refractivity contribution is 7.80.